The number of ketones is 1. The molecule has 2 rings (SSSR count). The van der Waals surface area contributed by atoms with Crippen LogP contribution in [0.25, 0.3) is 0 Å². The van der Waals surface area contributed by atoms with Gasteiger partial charge < -0.3 is 4.74 Å². The van der Waals surface area contributed by atoms with Crippen molar-refractivity contribution in [2.24, 2.45) is 0 Å². The molecule has 126 valence electrons. The molecule has 0 heterocycles. The van der Waals surface area contributed by atoms with Crippen LogP contribution in [-0.2, 0) is 19.4 Å². The van der Waals surface area contributed by atoms with Crippen molar-refractivity contribution in [1.82, 2.24) is 0 Å². The van der Waals surface area contributed by atoms with E-state index in [0.29, 0.717) is 5.02 Å². The highest BCUT2D eigenvalue weighted by Gasteiger charge is 2.37. The molecule has 0 saturated heterocycles. The fraction of sp³-hybridized carbons (Fsp3) is 0.176. The van der Waals surface area contributed by atoms with Gasteiger partial charge in [-0.05, 0) is 43.3 Å². The highest BCUT2D eigenvalue weighted by atomic mass is 35.5. The standard InChI is InChI=1S/C17H15ClO5S/c1-11-3-9-15(10-4-11)24(21,22)17(23-12(2)19)16(20)13-5-7-14(18)8-6-13/h3-10,17H,1-2H3. The lowest BCUT2D eigenvalue weighted by molar-refractivity contribution is -0.141. The summed E-state index contributed by atoms with van der Waals surface area (Å²) in [7, 11) is -4.20. The summed E-state index contributed by atoms with van der Waals surface area (Å²) in [6.07, 6.45) is 0. The molecule has 0 bridgehead atoms. The molecule has 0 aromatic heterocycles. The van der Waals surface area contributed by atoms with Crippen LogP contribution in [0, 0.1) is 6.92 Å². The minimum Gasteiger partial charge on any atom is -0.437 e. The molecule has 0 aliphatic rings. The predicted octanol–water partition coefficient (Wildman–Crippen LogP) is 3.19. The van der Waals surface area contributed by atoms with Crippen LogP contribution in [0.1, 0.15) is 22.8 Å². The first kappa shape index (κ1) is 18.2. The van der Waals surface area contributed by atoms with E-state index in [1.54, 1.807) is 19.1 Å². The summed E-state index contributed by atoms with van der Waals surface area (Å²) in [6.45, 7) is 2.85. The number of rotatable bonds is 5. The lowest BCUT2D eigenvalue weighted by Crippen LogP contribution is -2.34. The monoisotopic (exact) mass is 366 g/mol. The molecule has 0 N–H and O–H groups in total. The molecule has 0 spiro atoms. The normalized spacial score (nSPS) is 12.5. The second-order valence-electron chi connectivity index (χ2n) is 5.17. The molecule has 2 aromatic rings. The number of sulfone groups is 1. The number of halogens is 1. The first-order valence-electron chi connectivity index (χ1n) is 6.99. The van der Waals surface area contributed by atoms with Crippen LogP contribution in [-0.4, -0.2) is 25.6 Å². The summed E-state index contributed by atoms with van der Waals surface area (Å²) in [5.41, 5.74) is -0.998. The fourth-order valence-electron chi connectivity index (χ4n) is 2.01. The lowest BCUT2D eigenvalue weighted by atomic mass is 10.1. The fourth-order valence-corrected chi connectivity index (χ4v) is 3.58. The Hall–Kier alpha value is -2.18. The predicted molar refractivity (Wildman–Crippen MR) is 89.7 cm³/mol. The van der Waals surface area contributed by atoms with Gasteiger partial charge in [0, 0.05) is 17.5 Å². The van der Waals surface area contributed by atoms with Crippen molar-refractivity contribution >= 4 is 33.2 Å². The van der Waals surface area contributed by atoms with Crippen molar-refractivity contribution in [2.45, 2.75) is 24.2 Å². The number of aryl methyl sites for hydroxylation is 1. The Morgan fingerprint density at radius 3 is 2.04 bits per heavy atom. The molecular formula is C17H15ClO5S. The van der Waals surface area contributed by atoms with E-state index in [2.05, 4.69) is 0 Å². The van der Waals surface area contributed by atoms with Gasteiger partial charge in [0.1, 0.15) is 0 Å². The van der Waals surface area contributed by atoms with Crippen molar-refractivity contribution in [1.29, 1.82) is 0 Å². The van der Waals surface area contributed by atoms with E-state index in [0.717, 1.165) is 12.5 Å². The van der Waals surface area contributed by atoms with E-state index in [4.69, 9.17) is 16.3 Å². The number of Topliss-reactive ketones (excluding diaryl/α,β-unsaturated/α-hetero) is 1. The SMILES string of the molecule is CC(=O)OC(C(=O)c1ccc(Cl)cc1)S(=O)(=O)c1ccc(C)cc1. The Bertz CT molecular complexity index is 855. The molecule has 2 aromatic carbocycles. The lowest BCUT2D eigenvalue weighted by Gasteiger charge is -2.17. The molecule has 1 unspecified atom stereocenters. The number of carbonyl (C=O) groups excluding carboxylic acids is 2. The molecule has 24 heavy (non-hydrogen) atoms. The van der Waals surface area contributed by atoms with Crippen LogP contribution in [0.5, 0.6) is 0 Å². The third-order valence-electron chi connectivity index (χ3n) is 3.25. The van der Waals surface area contributed by atoms with E-state index in [1.165, 1.54) is 36.4 Å². The number of benzene rings is 2. The van der Waals surface area contributed by atoms with Gasteiger partial charge in [0.25, 0.3) is 5.44 Å². The van der Waals surface area contributed by atoms with Crippen LogP contribution in [0.15, 0.2) is 53.4 Å². The number of hydrogen-bond acceptors (Lipinski definition) is 5. The summed E-state index contributed by atoms with van der Waals surface area (Å²) >= 11 is 5.77. The zero-order valence-electron chi connectivity index (χ0n) is 13.0. The number of carbonyl (C=O) groups is 2. The molecule has 0 saturated carbocycles. The number of esters is 1. The van der Waals surface area contributed by atoms with Gasteiger partial charge in [0.15, 0.2) is 0 Å². The zero-order chi connectivity index (χ0) is 17.9. The smallest absolute Gasteiger partial charge is 0.304 e. The minimum absolute atomic E-state index is 0.0846. The van der Waals surface area contributed by atoms with Gasteiger partial charge in [-0.3, -0.25) is 9.59 Å². The molecule has 0 aliphatic heterocycles. The second-order valence-corrected chi connectivity index (χ2v) is 7.60. The van der Waals surface area contributed by atoms with Crippen LogP contribution in [0.4, 0.5) is 0 Å². The Morgan fingerprint density at radius 1 is 1.00 bits per heavy atom. The number of hydrogen-bond donors (Lipinski definition) is 0. The van der Waals surface area contributed by atoms with Gasteiger partial charge in [0.05, 0.1) is 4.90 Å². The number of ether oxygens (including phenoxy) is 1. The van der Waals surface area contributed by atoms with Crippen molar-refractivity contribution < 1.29 is 22.7 Å². The molecule has 7 heteroatoms. The van der Waals surface area contributed by atoms with Gasteiger partial charge in [-0.2, -0.15) is 0 Å². The quantitative estimate of drug-likeness (QED) is 0.600. The maximum atomic E-state index is 12.7. The van der Waals surface area contributed by atoms with E-state index in [1.807, 2.05) is 0 Å². The molecule has 1 atom stereocenters. The molecule has 0 aliphatic carbocycles. The maximum absolute atomic E-state index is 12.7. The third-order valence-corrected chi connectivity index (χ3v) is 5.30. The van der Waals surface area contributed by atoms with E-state index >= 15 is 0 Å². The van der Waals surface area contributed by atoms with Crippen LogP contribution >= 0.6 is 11.6 Å². The van der Waals surface area contributed by atoms with E-state index in [9.17, 15) is 18.0 Å². The van der Waals surface area contributed by atoms with Crippen LogP contribution in [0.3, 0.4) is 0 Å². The largest absolute Gasteiger partial charge is 0.437 e. The average molecular weight is 367 g/mol. The highest BCUT2D eigenvalue weighted by Crippen LogP contribution is 2.22. The molecular weight excluding hydrogens is 352 g/mol. The summed E-state index contributed by atoms with van der Waals surface area (Å²) in [6, 6.07) is 11.6. The minimum atomic E-state index is -4.20. The van der Waals surface area contributed by atoms with Gasteiger partial charge >= 0.3 is 5.97 Å². The zero-order valence-corrected chi connectivity index (χ0v) is 14.6. The molecule has 0 amide bonds. The van der Waals surface area contributed by atoms with Crippen molar-refractivity contribution in [3.05, 3.63) is 64.7 Å². The summed E-state index contributed by atoms with van der Waals surface area (Å²) < 4.78 is 30.3. The van der Waals surface area contributed by atoms with Crippen molar-refractivity contribution in [2.75, 3.05) is 0 Å². The van der Waals surface area contributed by atoms with Gasteiger partial charge in [0.2, 0.25) is 15.6 Å². The van der Waals surface area contributed by atoms with E-state index < -0.39 is 27.0 Å². The molecule has 5 nitrogen and oxygen atoms in total. The van der Waals surface area contributed by atoms with Gasteiger partial charge in [-0.25, -0.2) is 8.42 Å². The van der Waals surface area contributed by atoms with Crippen molar-refractivity contribution in [3.63, 3.8) is 0 Å². The second kappa shape index (κ2) is 7.15. The molecule has 0 fully saturated rings. The summed E-state index contributed by atoms with van der Waals surface area (Å²) in [5.74, 6) is -1.69. The maximum Gasteiger partial charge on any atom is 0.304 e. The highest BCUT2D eigenvalue weighted by molar-refractivity contribution is 7.92. The molecule has 0 radical (unpaired) electrons. The van der Waals surface area contributed by atoms with Gasteiger partial charge in [-0.1, -0.05) is 29.3 Å². The Kier molecular flexibility index (Phi) is 5.41. The first-order valence-corrected chi connectivity index (χ1v) is 8.92. The topological polar surface area (TPSA) is 77.5 Å². The van der Waals surface area contributed by atoms with Crippen molar-refractivity contribution in [3.8, 4) is 0 Å². The summed E-state index contributed by atoms with van der Waals surface area (Å²) in [5, 5.41) is 0.400. The Labute approximate surface area is 145 Å². The average Bonchev–Trinajstić information content (AvgIpc) is 2.53. The van der Waals surface area contributed by atoms with E-state index in [-0.39, 0.29) is 10.5 Å². The third kappa shape index (κ3) is 4.01. The Balaban J connectivity index is 2.47. The summed E-state index contributed by atoms with van der Waals surface area (Å²) in [4.78, 5) is 23.8. The Morgan fingerprint density at radius 2 is 1.54 bits per heavy atom. The van der Waals surface area contributed by atoms with Crippen LogP contribution < -0.4 is 0 Å². The first-order chi connectivity index (χ1) is 11.2. The van der Waals surface area contributed by atoms with Gasteiger partial charge in [-0.15, -0.1) is 0 Å². The van der Waals surface area contributed by atoms with Crippen LogP contribution in [0.2, 0.25) is 5.02 Å².